The van der Waals surface area contributed by atoms with Crippen LogP contribution in [0.4, 0.5) is 0 Å². The molecule has 5 heteroatoms. The van der Waals surface area contributed by atoms with E-state index >= 15 is 0 Å². The number of hydrogen-bond donors (Lipinski definition) is 0. The molecule has 5 nitrogen and oxygen atoms in total. The van der Waals surface area contributed by atoms with Crippen LogP contribution in [0.1, 0.15) is 0 Å². The predicted octanol–water partition coefficient (Wildman–Crippen LogP) is 11.9. The van der Waals surface area contributed by atoms with Gasteiger partial charge in [-0.3, -0.25) is 0 Å². The first-order valence-electron chi connectivity index (χ1n) is 17.2. The van der Waals surface area contributed by atoms with Crippen molar-refractivity contribution in [3.05, 3.63) is 170 Å². The third-order valence-electron chi connectivity index (χ3n) is 10.3. The van der Waals surface area contributed by atoms with Crippen molar-refractivity contribution >= 4 is 65.7 Å². The van der Waals surface area contributed by atoms with E-state index in [0.29, 0.717) is 5.58 Å². The predicted molar refractivity (Wildman–Crippen MR) is 209 cm³/mol. The van der Waals surface area contributed by atoms with Gasteiger partial charge < -0.3 is 13.6 Å². The largest absolute Gasteiger partial charge is 0.452 e. The number of benzene rings is 7. The van der Waals surface area contributed by atoms with Gasteiger partial charge in [-0.1, -0.05) is 97.1 Å². The number of fused-ring (bicyclic) bond motifs is 9. The second kappa shape index (κ2) is 10.8. The molecule has 4 heterocycles. The average molecular weight is 653 g/mol. The zero-order chi connectivity index (χ0) is 33.5. The van der Waals surface area contributed by atoms with E-state index in [2.05, 4.69) is 159 Å². The Kier molecular flexibility index (Phi) is 5.89. The molecule has 0 fully saturated rings. The maximum atomic E-state index is 6.24. The van der Waals surface area contributed by atoms with E-state index in [4.69, 9.17) is 4.42 Å². The quantitative estimate of drug-likeness (QED) is 0.190. The number of rotatable bonds is 4. The van der Waals surface area contributed by atoms with Gasteiger partial charge in [-0.05, 0) is 77.9 Å². The summed E-state index contributed by atoms with van der Waals surface area (Å²) >= 11 is 0. The van der Waals surface area contributed by atoms with Crippen LogP contribution in [0.3, 0.4) is 0 Å². The molecular formula is C46H28N4O. The van der Waals surface area contributed by atoms with Crippen molar-refractivity contribution in [3.8, 4) is 33.8 Å². The highest BCUT2D eigenvalue weighted by Gasteiger charge is 2.18. The van der Waals surface area contributed by atoms with Crippen molar-refractivity contribution in [1.82, 2.24) is 19.1 Å². The summed E-state index contributed by atoms with van der Waals surface area (Å²) in [5.74, 6) is 0. The fourth-order valence-corrected chi connectivity index (χ4v) is 7.93. The van der Waals surface area contributed by atoms with Crippen LogP contribution in [0.2, 0.25) is 0 Å². The number of para-hydroxylation sites is 4. The maximum absolute atomic E-state index is 6.24. The molecule has 0 saturated heterocycles. The molecular weight excluding hydrogens is 625 g/mol. The summed E-state index contributed by atoms with van der Waals surface area (Å²) in [6.45, 7) is 0. The van der Waals surface area contributed by atoms with Gasteiger partial charge in [0.25, 0.3) is 0 Å². The summed E-state index contributed by atoms with van der Waals surface area (Å²) in [6.07, 6.45) is 1.62. The standard InChI is InChI=1S/C46H28N4O/c1-2-10-32(11-3-1)50-39-15-7-4-12-34(39)36-24-20-31(27-42(36)50)30-21-25-41-38(26-30)35-13-5-8-16-40(35)49(41)33-22-18-29(19-23-33)44-46-45(48-28-47-44)37-14-6-9-17-43(37)51-46/h1-28H. The van der Waals surface area contributed by atoms with E-state index in [1.807, 2.05) is 24.3 Å². The molecule has 0 radical (unpaired) electrons. The van der Waals surface area contributed by atoms with Gasteiger partial charge in [-0.25, -0.2) is 9.97 Å². The molecule has 0 aliphatic rings. The molecule has 51 heavy (non-hydrogen) atoms. The van der Waals surface area contributed by atoms with Gasteiger partial charge in [0.2, 0.25) is 0 Å². The Balaban J connectivity index is 1.05. The minimum Gasteiger partial charge on any atom is -0.452 e. The van der Waals surface area contributed by atoms with Crippen molar-refractivity contribution in [2.75, 3.05) is 0 Å². The van der Waals surface area contributed by atoms with Crippen LogP contribution in [0.25, 0.3) is 99.4 Å². The Bertz CT molecular complexity index is 3130. The molecule has 0 spiro atoms. The maximum Gasteiger partial charge on any atom is 0.180 e. The summed E-state index contributed by atoms with van der Waals surface area (Å²) in [5, 5.41) is 5.95. The Labute approximate surface area is 292 Å². The third kappa shape index (κ3) is 4.15. The molecule has 0 atom stereocenters. The summed E-state index contributed by atoms with van der Waals surface area (Å²) in [6, 6.07) is 58.3. The topological polar surface area (TPSA) is 48.8 Å². The van der Waals surface area contributed by atoms with E-state index in [1.54, 1.807) is 6.33 Å². The molecule has 0 aliphatic carbocycles. The lowest BCUT2D eigenvalue weighted by Crippen LogP contribution is -1.94. The SMILES string of the molecule is c1ccc(-n2c3ccccc3c3ccc(-c4ccc5c(c4)c4ccccc4n5-c4ccc(-c5ncnc6c5oc5ccccc56)cc4)cc32)cc1. The van der Waals surface area contributed by atoms with Gasteiger partial charge in [0.05, 0.1) is 22.1 Å². The van der Waals surface area contributed by atoms with Crippen LogP contribution < -0.4 is 0 Å². The van der Waals surface area contributed by atoms with E-state index < -0.39 is 0 Å². The van der Waals surface area contributed by atoms with Crippen LogP contribution in [0, 0.1) is 0 Å². The van der Waals surface area contributed by atoms with Gasteiger partial charge in [0.1, 0.15) is 23.1 Å². The summed E-state index contributed by atoms with van der Waals surface area (Å²) < 4.78 is 11.0. The first-order chi connectivity index (χ1) is 25.3. The van der Waals surface area contributed by atoms with E-state index in [0.717, 1.165) is 44.6 Å². The van der Waals surface area contributed by atoms with Crippen molar-refractivity contribution in [1.29, 1.82) is 0 Å². The third-order valence-corrected chi connectivity index (χ3v) is 10.3. The highest BCUT2D eigenvalue weighted by Crippen LogP contribution is 2.39. The van der Waals surface area contributed by atoms with Crippen LogP contribution in [0.15, 0.2) is 175 Å². The minimum absolute atomic E-state index is 0.707. The number of aromatic nitrogens is 4. The number of nitrogens with zero attached hydrogens (tertiary/aromatic N) is 4. The average Bonchev–Trinajstić information content (AvgIpc) is 3.85. The molecule has 11 rings (SSSR count). The Morgan fingerprint density at radius 1 is 0.392 bits per heavy atom. The van der Waals surface area contributed by atoms with Crippen molar-refractivity contribution in [2.45, 2.75) is 0 Å². The zero-order valence-corrected chi connectivity index (χ0v) is 27.4. The van der Waals surface area contributed by atoms with Gasteiger partial charge in [-0.15, -0.1) is 0 Å². The van der Waals surface area contributed by atoms with Crippen molar-refractivity contribution in [2.24, 2.45) is 0 Å². The molecule has 7 aromatic carbocycles. The second-order valence-electron chi connectivity index (χ2n) is 13.0. The van der Waals surface area contributed by atoms with Crippen LogP contribution in [-0.4, -0.2) is 19.1 Å². The highest BCUT2D eigenvalue weighted by atomic mass is 16.3. The molecule has 0 amide bonds. The second-order valence-corrected chi connectivity index (χ2v) is 13.0. The first kappa shape index (κ1) is 27.9. The van der Waals surface area contributed by atoms with Gasteiger partial charge in [-0.2, -0.15) is 0 Å². The Morgan fingerprint density at radius 3 is 1.76 bits per heavy atom. The monoisotopic (exact) mass is 652 g/mol. The Morgan fingerprint density at radius 2 is 0.961 bits per heavy atom. The molecule has 0 saturated carbocycles. The normalized spacial score (nSPS) is 11.9. The lowest BCUT2D eigenvalue weighted by Gasteiger charge is -2.10. The molecule has 4 aromatic heterocycles. The molecule has 0 N–H and O–H groups in total. The van der Waals surface area contributed by atoms with Crippen LogP contribution in [0.5, 0.6) is 0 Å². The minimum atomic E-state index is 0.707. The first-order valence-corrected chi connectivity index (χ1v) is 17.2. The van der Waals surface area contributed by atoms with Gasteiger partial charge in [0, 0.05) is 43.9 Å². The highest BCUT2D eigenvalue weighted by molar-refractivity contribution is 6.12. The van der Waals surface area contributed by atoms with Crippen LogP contribution >= 0.6 is 0 Å². The van der Waals surface area contributed by atoms with Crippen LogP contribution in [-0.2, 0) is 0 Å². The zero-order valence-electron chi connectivity index (χ0n) is 27.4. The van der Waals surface area contributed by atoms with Gasteiger partial charge >= 0.3 is 0 Å². The smallest absolute Gasteiger partial charge is 0.180 e. The summed E-state index contributed by atoms with van der Waals surface area (Å²) in [5.41, 5.74) is 13.5. The number of furan rings is 1. The van der Waals surface area contributed by atoms with E-state index in [9.17, 15) is 0 Å². The molecule has 0 unspecified atom stereocenters. The van der Waals surface area contributed by atoms with Crippen molar-refractivity contribution in [3.63, 3.8) is 0 Å². The van der Waals surface area contributed by atoms with Gasteiger partial charge in [0.15, 0.2) is 5.58 Å². The lowest BCUT2D eigenvalue weighted by molar-refractivity contribution is 0.667. The lowest BCUT2D eigenvalue weighted by atomic mass is 10.0. The molecule has 238 valence electrons. The summed E-state index contributed by atoms with van der Waals surface area (Å²) in [4.78, 5) is 9.19. The molecule has 0 bridgehead atoms. The molecule has 0 aliphatic heterocycles. The van der Waals surface area contributed by atoms with Crippen molar-refractivity contribution < 1.29 is 4.42 Å². The fraction of sp³-hybridized carbons (Fsp3) is 0. The van der Waals surface area contributed by atoms with E-state index in [-0.39, 0.29) is 0 Å². The summed E-state index contributed by atoms with van der Waals surface area (Å²) in [7, 11) is 0. The Hall–Kier alpha value is -6.98. The molecule has 11 aromatic rings. The number of hydrogen-bond acceptors (Lipinski definition) is 3. The fourth-order valence-electron chi connectivity index (χ4n) is 7.93. The van der Waals surface area contributed by atoms with E-state index in [1.165, 1.54) is 49.2 Å².